The fourth-order valence-corrected chi connectivity index (χ4v) is 1.15. The number of unbranched alkanes of at least 4 members (excludes halogenated alkanes) is 4. The van der Waals surface area contributed by atoms with Gasteiger partial charge in [-0.15, -0.1) is 0 Å². The molecule has 1 amide bonds. The summed E-state index contributed by atoms with van der Waals surface area (Å²) in [6.07, 6.45) is 7.08. The topological polar surface area (TPSA) is 29.1 Å². The van der Waals surface area contributed by atoms with Crippen molar-refractivity contribution in [1.82, 2.24) is 5.32 Å². The Labute approximate surface area is 83.5 Å². The lowest BCUT2D eigenvalue weighted by molar-refractivity contribution is -0.121. The first kappa shape index (κ1) is 10.6. The molecule has 0 aromatic heterocycles. The van der Waals surface area contributed by atoms with E-state index in [9.17, 15) is 4.79 Å². The molecule has 0 aromatic carbocycles. The van der Waals surface area contributed by atoms with E-state index in [0.29, 0.717) is 13.3 Å². The fraction of sp³-hybridized carbons (Fsp3) is 0.909. The smallest absolute Gasteiger partial charge is 0.219 e. The molecule has 0 saturated carbocycles. The quantitative estimate of drug-likeness (QED) is 0.582. The largest absolute Gasteiger partial charge is 0.356 e. The third-order valence-electron chi connectivity index (χ3n) is 2.01. The van der Waals surface area contributed by atoms with Crippen LogP contribution in [0.1, 0.15) is 60.1 Å². The fourth-order valence-electron chi connectivity index (χ4n) is 1.15. The van der Waals surface area contributed by atoms with Crippen LogP contribution < -0.4 is 5.32 Å². The van der Waals surface area contributed by atoms with Crippen LogP contribution in [-0.4, -0.2) is 12.5 Å². The number of hydrogen-bond acceptors (Lipinski definition) is 1. The number of nitrogens with one attached hydrogen (secondary N) is 1. The van der Waals surface area contributed by atoms with Crippen molar-refractivity contribution in [2.75, 3.05) is 6.54 Å². The summed E-state index contributed by atoms with van der Waals surface area (Å²) in [6.45, 7) is 3.43. The zero-order valence-corrected chi connectivity index (χ0v) is 8.77. The maximum Gasteiger partial charge on any atom is 0.219 e. The van der Waals surface area contributed by atoms with Crippen molar-refractivity contribution in [1.29, 1.82) is 0 Å². The average Bonchev–Trinajstić information content (AvgIpc) is 2.18. The van der Waals surface area contributed by atoms with E-state index < -0.39 is 0 Å². The molecule has 0 bridgehead atoms. The molecule has 0 unspecified atom stereocenters. The average molecular weight is 187 g/mol. The van der Waals surface area contributed by atoms with Crippen molar-refractivity contribution in [3.05, 3.63) is 0 Å². The molecule has 0 heterocycles. The molecule has 0 aliphatic heterocycles. The molecule has 0 radical (unpaired) electrons. The summed E-state index contributed by atoms with van der Waals surface area (Å²) in [5, 5.41) is 2.90. The molecular weight excluding hydrogens is 162 g/mol. The van der Waals surface area contributed by atoms with E-state index in [4.69, 9.17) is 1.37 Å². The lowest BCUT2D eigenvalue weighted by Gasteiger charge is -2.03. The van der Waals surface area contributed by atoms with Gasteiger partial charge < -0.3 is 5.32 Å². The number of carbonyl (C=O) groups is 1. The van der Waals surface area contributed by atoms with Crippen molar-refractivity contribution in [3.8, 4) is 0 Å². The molecule has 2 nitrogen and oxygen atoms in total. The number of hydrogen-bond donors (Lipinski definition) is 1. The van der Waals surface area contributed by atoms with Gasteiger partial charge in [0.2, 0.25) is 5.91 Å². The van der Waals surface area contributed by atoms with E-state index in [1.165, 1.54) is 19.3 Å². The Balaban J connectivity index is 3.10. The van der Waals surface area contributed by atoms with E-state index >= 15 is 0 Å². The summed E-state index contributed by atoms with van der Waals surface area (Å²) in [7, 11) is 0. The minimum absolute atomic E-state index is 0.148. The minimum Gasteiger partial charge on any atom is -0.356 e. The monoisotopic (exact) mass is 187 g/mol. The van der Waals surface area contributed by atoms with Gasteiger partial charge in [-0.25, -0.2) is 0 Å². The van der Waals surface area contributed by atoms with E-state index in [0.717, 1.165) is 25.8 Å². The zero-order valence-electron chi connectivity index (χ0n) is 9.77. The standard InChI is InChI=1S/C11H23NO/c1-3-5-7-8-10-12-11(13)9-6-4-2/h3-10H2,1-2H3,(H,12,13)/i2T. The van der Waals surface area contributed by atoms with Crippen LogP contribution in [0.3, 0.4) is 0 Å². The Kier molecular flexibility index (Phi) is 7.76. The van der Waals surface area contributed by atoms with Crippen LogP contribution in [0.2, 0.25) is 0 Å². The van der Waals surface area contributed by atoms with Gasteiger partial charge in [-0.1, -0.05) is 39.5 Å². The van der Waals surface area contributed by atoms with Crippen molar-refractivity contribution in [2.24, 2.45) is 0 Å². The highest BCUT2D eigenvalue weighted by Gasteiger charge is 1.97. The molecule has 0 aromatic rings. The first-order valence-corrected chi connectivity index (χ1v) is 5.37. The van der Waals surface area contributed by atoms with Gasteiger partial charge in [-0.2, -0.15) is 0 Å². The third kappa shape index (κ3) is 9.38. The summed E-state index contributed by atoms with van der Waals surface area (Å²) >= 11 is 0. The second-order valence-electron chi connectivity index (χ2n) is 3.37. The highest BCUT2D eigenvalue weighted by molar-refractivity contribution is 5.75. The molecule has 0 rings (SSSR count). The van der Waals surface area contributed by atoms with Crippen LogP contribution >= 0.6 is 0 Å². The predicted molar refractivity (Wildman–Crippen MR) is 56.7 cm³/mol. The second kappa shape index (κ2) is 9.56. The molecule has 0 atom stereocenters. The molecule has 0 aliphatic carbocycles. The summed E-state index contributed by atoms with van der Waals surface area (Å²) < 4.78 is 6.93. The maximum atomic E-state index is 11.2. The summed E-state index contributed by atoms with van der Waals surface area (Å²) in [4.78, 5) is 11.2. The van der Waals surface area contributed by atoms with Gasteiger partial charge >= 0.3 is 0 Å². The number of carbonyl (C=O) groups excluding carboxylic acids is 1. The Bertz CT molecular complexity index is 139. The van der Waals surface area contributed by atoms with Gasteiger partial charge in [-0.3, -0.25) is 4.79 Å². The molecule has 1 N–H and O–H groups in total. The number of rotatable bonds is 8. The summed E-state index contributed by atoms with van der Waals surface area (Å²) in [6, 6.07) is 0. The van der Waals surface area contributed by atoms with Crippen molar-refractivity contribution in [2.45, 2.75) is 58.8 Å². The SMILES string of the molecule is [3H]CCCCC(=O)NCCCCCC. The van der Waals surface area contributed by atoms with Gasteiger partial charge in [0.15, 0.2) is 0 Å². The first-order chi connectivity index (χ1) is 6.81. The van der Waals surface area contributed by atoms with Gasteiger partial charge in [0, 0.05) is 14.3 Å². The van der Waals surface area contributed by atoms with Gasteiger partial charge in [0.1, 0.15) is 0 Å². The minimum atomic E-state index is 0.148. The normalized spacial score (nSPS) is 11.0. The Morgan fingerprint density at radius 1 is 1.23 bits per heavy atom. The van der Waals surface area contributed by atoms with Crippen LogP contribution in [0.4, 0.5) is 0 Å². The van der Waals surface area contributed by atoms with Crippen LogP contribution in [0, 0.1) is 0 Å². The zero-order chi connectivity index (χ0) is 10.6. The van der Waals surface area contributed by atoms with Gasteiger partial charge in [-0.05, 0) is 12.8 Å². The van der Waals surface area contributed by atoms with E-state index in [-0.39, 0.29) is 5.91 Å². The van der Waals surface area contributed by atoms with Crippen LogP contribution in [0.25, 0.3) is 0 Å². The first-order valence-electron chi connectivity index (χ1n) is 6.08. The number of amides is 1. The van der Waals surface area contributed by atoms with Gasteiger partial charge in [0.25, 0.3) is 0 Å². The third-order valence-corrected chi connectivity index (χ3v) is 2.01. The summed E-state index contributed by atoms with van der Waals surface area (Å²) in [5.74, 6) is 0.148. The highest BCUT2D eigenvalue weighted by atomic mass is 16.1. The predicted octanol–water partition coefficient (Wildman–Crippen LogP) is 2.87. The lowest BCUT2D eigenvalue weighted by Crippen LogP contribution is -2.23. The van der Waals surface area contributed by atoms with Crippen LogP contribution in [0.15, 0.2) is 0 Å². The molecule has 0 saturated heterocycles. The molecule has 0 spiro atoms. The van der Waals surface area contributed by atoms with Crippen LogP contribution in [0.5, 0.6) is 0 Å². The van der Waals surface area contributed by atoms with Gasteiger partial charge in [0.05, 0.1) is 0 Å². The van der Waals surface area contributed by atoms with E-state index in [1.807, 2.05) is 0 Å². The molecule has 0 fully saturated rings. The second-order valence-corrected chi connectivity index (χ2v) is 3.37. The lowest BCUT2D eigenvalue weighted by atomic mass is 10.2. The Hall–Kier alpha value is -0.530. The summed E-state index contributed by atoms with van der Waals surface area (Å²) in [5.41, 5.74) is 0. The van der Waals surface area contributed by atoms with Crippen molar-refractivity contribution < 1.29 is 6.17 Å². The Morgan fingerprint density at radius 3 is 2.77 bits per heavy atom. The molecule has 78 valence electrons. The van der Waals surface area contributed by atoms with Crippen molar-refractivity contribution >= 4 is 5.91 Å². The van der Waals surface area contributed by atoms with E-state index in [2.05, 4.69) is 12.2 Å². The molecular formula is C11H23NO. The van der Waals surface area contributed by atoms with E-state index in [1.54, 1.807) is 0 Å². The molecule has 13 heavy (non-hydrogen) atoms. The Morgan fingerprint density at radius 2 is 2.08 bits per heavy atom. The van der Waals surface area contributed by atoms with Crippen molar-refractivity contribution in [3.63, 3.8) is 0 Å². The van der Waals surface area contributed by atoms with Crippen LogP contribution in [-0.2, 0) is 4.79 Å². The molecule has 2 heteroatoms. The highest BCUT2D eigenvalue weighted by Crippen LogP contribution is 1.98. The maximum absolute atomic E-state index is 11.2. The molecule has 0 aliphatic rings.